The van der Waals surface area contributed by atoms with Crippen molar-refractivity contribution in [3.05, 3.63) is 57.0 Å². The first kappa shape index (κ1) is 17.3. The molecule has 0 radical (unpaired) electrons. The number of ether oxygens (including phenoxy) is 1. The van der Waals surface area contributed by atoms with Gasteiger partial charge < -0.3 is 9.72 Å². The number of esters is 1. The van der Waals surface area contributed by atoms with E-state index in [1.807, 2.05) is 13.0 Å². The van der Waals surface area contributed by atoms with Crippen LogP contribution in [0.5, 0.6) is 0 Å². The standard InChI is InChI=1S/C15H13N3O5S2/c1-8-3-2-4-10-13(8)17-11(18-14(10)19)6-23-15(20)9-5-12(24-7-9)25(16,21)22/h2-5,7H,6H2,1H3,(H2,16,21,22)(H,17,18,19). The van der Waals surface area contributed by atoms with Crippen molar-refractivity contribution < 1.29 is 17.9 Å². The molecule has 1 aromatic carbocycles. The second-order valence-electron chi connectivity index (χ2n) is 5.26. The first-order valence-corrected chi connectivity index (χ1v) is 9.45. The van der Waals surface area contributed by atoms with E-state index in [0.717, 1.165) is 23.0 Å². The van der Waals surface area contributed by atoms with Crippen molar-refractivity contribution in [3.8, 4) is 0 Å². The molecule has 8 nitrogen and oxygen atoms in total. The summed E-state index contributed by atoms with van der Waals surface area (Å²) in [5.41, 5.74) is 1.09. The van der Waals surface area contributed by atoms with Crippen LogP contribution in [0.3, 0.4) is 0 Å². The molecule has 0 fully saturated rings. The number of hydrogen-bond donors (Lipinski definition) is 2. The number of benzene rings is 1. The van der Waals surface area contributed by atoms with E-state index >= 15 is 0 Å². The van der Waals surface area contributed by atoms with Crippen LogP contribution in [0.25, 0.3) is 10.9 Å². The number of aromatic amines is 1. The van der Waals surface area contributed by atoms with Crippen molar-refractivity contribution in [1.29, 1.82) is 0 Å². The van der Waals surface area contributed by atoms with Crippen LogP contribution in [0.2, 0.25) is 0 Å². The molecule has 0 aliphatic carbocycles. The minimum atomic E-state index is -3.87. The van der Waals surface area contributed by atoms with E-state index in [9.17, 15) is 18.0 Å². The molecule has 0 aliphatic rings. The lowest BCUT2D eigenvalue weighted by atomic mass is 10.1. The van der Waals surface area contributed by atoms with Gasteiger partial charge in [0.05, 0.1) is 16.5 Å². The smallest absolute Gasteiger partial charge is 0.339 e. The minimum Gasteiger partial charge on any atom is -0.454 e. The number of nitrogens with one attached hydrogen (secondary N) is 1. The number of nitrogens with two attached hydrogens (primary N) is 1. The number of carbonyl (C=O) groups excluding carboxylic acids is 1. The Morgan fingerprint density at radius 3 is 2.84 bits per heavy atom. The Bertz CT molecular complexity index is 1130. The number of thiophene rings is 1. The SMILES string of the molecule is Cc1cccc2c(=O)[nH]c(COC(=O)c3csc(S(N)(=O)=O)c3)nc12. The van der Waals surface area contributed by atoms with Gasteiger partial charge in [0.15, 0.2) is 0 Å². The van der Waals surface area contributed by atoms with Gasteiger partial charge in [0, 0.05) is 5.38 Å². The van der Waals surface area contributed by atoms with Crippen LogP contribution in [0.4, 0.5) is 0 Å². The van der Waals surface area contributed by atoms with E-state index in [1.54, 1.807) is 12.1 Å². The number of aryl methyl sites for hydroxylation is 1. The molecule has 2 aromatic heterocycles. The van der Waals surface area contributed by atoms with Crippen LogP contribution < -0.4 is 10.7 Å². The maximum atomic E-state index is 12.1. The Hall–Kier alpha value is -2.56. The number of para-hydroxylation sites is 1. The molecule has 10 heteroatoms. The summed E-state index contributed by atoms with van der Waals surface area (Å²) in [5.74, 6) is -0.541. The molecule has 130 valence electrons. The van der Waals surface area contributed by atoms with Crippen LogP contribution in [0.15, 0.2) is 38.6 Å². The van der Waals surface area contributed by atoms with E-state index in [-0.39, 0.29) is 27.8 Å². The van der Waals surface area contributed by atoms with Gasteiger partial charge in [0.1, 0.15) is 16.6 Å². The fourth-order valence-electron chi connectivity index (χ4n) is 2.21. The third kappa shape index (κ3) is 3.60. The van der Waals surface area contributed by atoms with Crippen molar-refractivity contribution in [2.45, 2.75) is 17.7 Å². The Kier molecular flexibility index (Phi) is 4.41. The number of hydrogen-bond acceptors (Lipinski definition) is 7. The topological polar surface area (TPSA) is 132 Å². The molecule has 3 rings (SSSR count). The Morgan fingerprint density at radius 2 is 2.16 bits per heavy atom. The van der Waals surface area contributed by atoms with Crippen LogP contribution in [0, 0.1) is 6.92 Å². The fraction of sp³-hybridized carbons (Fsp3) is 0.133. The zero-order valence-corrected chi connectivity index (χ0v) is 14.6. The highest BCUT2D eigenvalue weighted by molar-refractivity contribution is 7.91. The minimum absolute atomic E-state index is 0.0633. The van der Waals surface area contributed by atoms with Gasteiger partial charge in [-0.2, -0.15) is 0 Å². The van der Waals surface area contributed by atoms with E-state index in [0.29, 0.717) is 10.9 Å². The molecule has 0 aliphatic heterocycles. The summed E-state index contributed by atoms with van der Waals surface area (Å²) in [6.45, 7) is 1.57. The maximum Gasteiger partial charge on any atom is 0.339 e. The molecule has 0 saturated carbocycles. The Labute approximate surface area is 146 Å². The fourth-order valence-corrected chi connectivity index (χ4v) is 3.78. The van der Waals surface area contributed by atoms with Crippen molar-refractivity contribution in [3.63, 3.8) is 0 Å². The average Bonchev–Trinajstić information content (AvgIpc) is 3.04. The molecule has 0 amide bonds. The Balaban J connectivity index is 1.81. The summed E-state index contributed by atoms with van der Waals surface area (Å²) in [5, 5.41) is 6.79. The van der Waals surface area contributed by atoms with Gasteiger partial charge in [0.2, 0.25) is 10.0 Å². The summed E-state index contributed by atoms with van der Waals surface area (Å²) in [7, 11) is -3.87. The third-order valence-corrected chi connectivity index (χ3v) is 5.80. The van der Waals surface area contributed by atoms with Gasteiger partial charge in [-0.1, -0.05) is 12.1 Å². The van der Waals surface area contributed by atoms with E-state index in [4.69, 9.17) is 9.88 Å². The molecule has 0 atom stereocenters. The normalized spacial score (nSPS) is 11.6. The van der Waals surface area contributed by atoms with Gasteiger partial charge in [-0.15, -0.1) is 11.3 Å². The molecule has 0 bridgehead atoms. The lowest BCUT2D eigenvalue weighted by Crippen LogP contribution is -2.15. The monoisotopic (exact) mass is 379 g/mol. The predicted octanol–water partition coefficient (Wildman–Crippen LogP) is 1.30. The van der Waals surface area contributed by atoms with Gasteiger partial charge >= 0.3 is 5.97 Å². The molecular formula is C15H13N3O5S2. The van der Waals surface area contributed by atoms with Gasteiger partial charge in [-0.05, 0) is 24.6 Å². The van der Waals surface area contributed by atoms with Crippen molar-refractivity contribution >= 4 is 38.2 Å². The van der Waals surface area contributed by atoms with Crippen molar-refractivity contribution in [2.75, 3.05) is 0 Å². The second kappa shape index (κ2) is 6.39. The second-order valence-corrected chi connectivity index (χ2v) is 7.96. The van der Waals surface area contributed by atoms with Crippen LogP contribution in [-0.4, -0.2) is 24.4 Å². The van der Waals surface area contributed by atoms with Gasteiger partial charge in [0.25, 0.3) is 5.56 Å². The summed E-state index contributed by atoms with van der Waals surface area (Å²) in [4.78, 5) is 30.9. The first-order valence-electron chi connectivity index (χ1n) is 7.02. The maximum absolute atomic E-state index is 12.1. The molecule has 3 N–H and O–H groups in total. The predicted molar refractivity (Wildman–Crippen MR) is 91.9 cm³/mol. The highest BCUT2D eigenvalue weighted by Crippen LogP contribution is 2.20. The van der Waals surface area contributed by atoms with Gasteiger partial charge in [-0.25, -0.2) is 23.3 Å². The highest BCUT2D eigenvalue weighted by atomic mass is 32.2. The molecule has 0 unspecified atom stereocenters. The Morgan fingerprint density at radius 1 is 1.40 bits per heavy atom. The molecule has 3 aromatic rings. The number of fused-ring (bicyclic) bond motifs is 1. The molecule has 0 saturated heterocycles. The van der Waals surface area contributed by atoms with E-state index in [2.05, 4.69) is 9.97 Å². The number of nitrogens with zero attached hydrogens (tertiary/aromatic N) is 1. The molecule has 0 spiro atoms. The first-order chi connectivity index (χ1) is 11.8. The number of sulfonamides is 1. The highest BCUT2D eigenvalue weighted by Gasteiger charge is 2.17. The summed E-state index contributed by atoms with van der Waals surface area (Å²) in [6.07, 6.45) is 0. The molecule has 25 heavy (non-hydrogen) atoms. The third-order valence-electron chi connectivity index (χ3n) is 3.42. The quantitative estimate of drug-likeness (QED) is 0.657. The summed E-state index contributed by atoms with van der Waals surface area (Å²) in [6, 6.07) is 6.38. The number of carbonyl (C=O) groups is 1. The van der Waals surface area contributed by atoms with Crippen molar-refractivity contribution in [2.24, 2.45) is 5.14 Å². The van der Waals surface area contributed by atoms with Crippen LogP contribution in [0.1, 0.15) is 21.7 Å². The summed E-state index contributed by atoms with van der Waals surface area (Å²) >= 11 is 0.826. The number of primary sulfonamides is 1. The van der Waals surface area contributed by atoms with E-state index in [1.165, 1.54) is 5.38 Å². The lowest BCUT2D eigenvalue weighted by molar-refractivity contribution is 0.0463. The van der Waals surface area contributed by atoms with E-state index < -0.39 is 16.0 Å². The zero-order valence-electron chi connectivity index (χ0n) is 13.0. The largest absolute Gasteiger partial charge is 0.454 e. The summed E-state index contributed by atoms with van der Waals surface area (Å²) < 4.78 is 27.4. The molecule has 2 heterocycles. The van der Waals surface area contributed by atoms with Crippen molar-refractivity contribution in [1.82, 2.24) is 9.97 Å². The lowest BCUT2D eigenvalue weighted by Gasteiger charge is -2.06. The van der Waals surface area contributed by atoms with Gasteiger partial charge in [-0.3, -0.25) is 4.79 Å². The van der Waals surface area contributed by atoms with Crippen LogP contribution >= 0.6 is 11.3 Å². The molecular weight excluding hydrogens is 366 g/mol. The average molecular weight is 379 g/mol. The number of aromatic nitrogens is 2. The van der Waals surface area contributed by atoms with Crippen LogP contribution in [-0.2, 0) is 21.4 Å². The number of rotatable bonds is 4. The number of H-pyrrole nitrogens is 1. The zero-order chi connectivity index (χ0) is 18.2.